The van der Waals surface area contributed by atoms with Crippen molar-refractivity contribution in [1.82, 2.24) is 0 Å². The molecule has 0 atom stereocenters. The third-order valence-electron chi connectivity index (χ3n) is 4.66. The van der Waals surface area contributed by atoms with Crippen molar-refractivity contribution in [2.75, 3.05) is 12.4 Å². The molecule has 0 aliphatic rings. The minimum absolute atomic E-state index is 0.0562. The van der Waals surface area contributed by atoms with Crippen LogP contribution in [0, 0.1) is 18.3 Å². The summed E-state index contributed by atoms with van der Waals surface area (Å²) in [5.41, 5.74) is 2.30. The molecule has 3 aromatic rings. The highest BCUT2D eigenvalue weighted by Crippen LogP contribution is 2.33. The summed E-state index contributed by atoms with van der Waals surface area (Å²) in [6.45, 7) is 1.83. The Balaban J connectivity index is 2.07. The van der Waals surface area contributed by atoms with E-state index in [9.17, 15) is 13.7 Å². The first kappa shape index (κ1) is 23.7. The summed E-state index contributed by atoms with van der Waals surface area (Å²) in [4.78, 5) is -0.295. The number of methoxy groups -OCH3 is 1. The molecule has 5 nitrogen and oxygen atoms in total. The van der Waals surface area contributed by atoms with Crippen LogP contribution in [0.2, 0.25) is 5.02 Å². The second kappa shape index (κ2) is 10.6. The molecule has 0 saturated carbocycles. The summed E-state index contributed by atoms with van der Waals surface area (Å²) < 4.78 is 31.8. The van der Waals surface area contributed by atoms with Gasteiger partial charge >= 0.3 is 0 Å². The molecule has 0 bridgehead atoms. The maximum absolute atomic E-state index is 13.3. The second-order valence-corrected chi connectivity index (χ2v) is 10.0. The van der Waals surface area contributed by atoms with Crippen molar-refractivity contribution in [3.05, 3.63) is 98.9 Å². The zero-order chi connectivity index (χ0) is 23.1. The number of hydrogen-bond donors (Lipinski definition) is 1. The highest BCUT2D eigenvalue weighted by atomic mass is 35.5. The lowest BCUT2D eigenvalue weighted by Crippen LogP contribution is -2.11. The van der Waals surface area contributed by atoms with Crippen molar-refractivity contribution in [2.24, 2.45) is 0 Å². The van der Waals surface area contributed by atoms with Gasteiger partial charge < -0.3 is 10.1 Å². The Morgan fingerprint density at radius 3 is 2.50 bits per heavy atom. The highest BCUT2D eigenvalue weighted by molar-refractivity contribution is 8.04. The number of thioether (sulfide) groups is 1. The third kappa shape index (κ3) is 5.46. The molecule has 0 amide bonds. The number of sulfone groups is 1. The Morgan fingerprint density at radius 1 is 1.09 bits per heavy atom. The number of halogens is 1. The van der Waals surface area contributed by atoms with E-state index in [0.29, 0.717) is 22.2 Å². The second-order valence-electron chi connectivity index (χ2n) is 6.76. The quantitative estimate of drug-likeness (QED) is 0.385. The Labute approximate surface area is 197 Å². The van der Waals surface area contributed by atoms with Gasteiger partial charge in [0.15, 0.2) is 4.91 Å². The average Bonchev–Trinajstić information content (AvgIpc) is 2.81. The van der Waals surface area contributed by atoms with E-state index >= 15 is 0 Å². The number of nitrogens with one attached hydrogen (secondary N) is 1. The van der Waals surface area contributed by atoms with Crippen LogP contribution in [0.15, 0.2) is 87.6 Å². The molecule has 0 heterocycles. The van der Waals surface area contributed by atoms with Crippen LogP contribution in [-0.2, 0) is 15.6 Å². The molecule has 3 rings (SSSR count). The van der Waals surface area contributed by atoms with Gasteiger partial charge in [0.25, 0.3) is 0 Å². The van der Waals surface area contributed by atoms with Gasteiger partial charge in [0.2, 0.25) is 9.84 Å². The van der Waals surface area contributed by atoms with Gasteiger partial charge in [-0.15, -0.1) is 11.8 Å². The van der Waals surface area contributed by atoms with Crippen molar-refractivity contribution in [2.45, 2.75) is 17.6 Å². The monoisotopic (exact) mass is 484 g/mol. The first-order valence-corrected chi connectivity index (χ1v) is 12.4. The summed E-state index contributed by atoms with van der Waals surface area (Å²) in [5.74, 6) is 1.12. The zero-order valence-corrected chi connectivity index (χ0v) is 19.9. The van der Waals surface area contributed by atoms with Gasteiger partial charge in [0.05, 0.1) is 12.0 Å². The molecule has 0 radical (unpaired) electrons. The molecular weight excluding hydrogens is 464 g/mol. The van der Waals surface area contributed by atoms with Crippen LogP contribution in [0.25, 0.3) is 0 Å². The number of nitrogens with zero attached hydrogens (tertiary/aromatic N) is 1. The Hall–Kier alpha value is -2.92. The van der Waals surface area contributed by atoms with Crippen LogP contribution in [0.4, 0.5) is 5.69 Å². The van der Waals surface area contributed by atoms with Gasteiger partial charge in [-0.2, -0.15) is 5.26 Å². The van der Waals surface area contributed by atoms with E-state index in [1.807, 2.05) is 37.3 Å². The number of allylic oxidation sites excluding steroid dienone is 1. The summed E-state index contributed by atoms with van der Waals surface area (Å²) in [5, 5.41) is 13.8. The zero-order valence-electron chi connectivity index (χ0n) is 17.5. The van der Waals surface area contributed by atoms with E-state index in [2.05, 4.69) is 5.32 Å². The molecule has 0 aliphatic heterocycles. The minimum Gasteiger partial charge on any atom is -0.497 e. The molecule has 0 saturated heterocycles. The maximum Gasteiger partial charge on any atom is 0.219 e. The molecule has 3 aromatic carbocycles. The fraction of sp³-hybridized carbons (Fsp3) is 0.125. The Bertz CT molecular complexity index is 1280. The van der Waals surface area contributed by atoms with Gasteiger partial charge in [-0.3, -0.25) is 0 Å². The van der Waals surface area contributed by atoms with Crippen molar-refractivity contribution in [3.63, 3.8) is 0 Å². The average molecular weight is 485 g/mol. The third-order valence-corrected chi connectivity index (χ3v) is 8.00. The van der Waals surface area contributed by atoms with Gasteiger partial charge in [-0.25, -0.2) is 8.42 Å². The standard InChI is InChI=1S/C24H21ClN2O3S2/c1-17-21(25)12-7-13-22(17)27-24(31-16-18-8-6-9-19(14-18)30-2)23(15-26)32(28,29)20-10-4-3-5-11-20/h3-14,27H,16H2,1-2H3/b24-23+. The van der Waals surface area contributed by atoms with E-state index in [1.54, 1.807) is 43.5 Å². The number of nitriles is 1. The van der Waals surface area contributed by atoms with Crippen molar-refractivity contribution in [3.8, 4) is 11.8 Å². The number of hydrogen-bond acceptors (Lipinski definition) is 6. The molecule has 0 aliphatic carbocycles. The largest absolute Gasteiger partial charge is 0.497 e. The Kier molecular flexibility index (Phi) is 7.86. The summed E-state index contributed by atoms with van der Waals surface area (Å²) in [6, 6.07) is 22.6. The van der Waals surface area contributed by atoms with Crippen LogP contribution in [0.1, 0.15) is 11.1 Å². The molecule has 8 heteroatoms. The van der Waals surface area contributed by atoms with Gasteiger partial charge in [-0.1, -0.05) is 48.0 Å². The van der Waals surface area contributed by atoms with E-state index in [-0.39, 0.29) is 14.8 Å². The van der Waals surface area contributed by atoms with Crippen molar-refractivity contribution >= 4 is 38.9 Å². The van der Waals surface area contributed by atoms with Crippen molar-refractivity contribution < 1.29 is 13.2 Å². The van der Waals surface area contributed by atoms with Crippen LogP contribution >= 0.6 is 23.4 Å². The first-order valence-electron chi connectivity index (χ1n) is 9.59. The van der Waals surface area contributed by atoms with Crippen LogP contribution in [0.3, 0.4) is 0 Å². The summed E-state index contributed by atoms with van der Waals surface area (Å²) >= 11 is 7.47. The fourth-order valence-corrected chi connectivity index (χ4v) is 5.59. The normalized spacial score (nSPS) is 11.9. The van der Waals surface area contributed by atoms with Crippen LogP contribution < -0.4 is 10.1 Å². The van der Waals surface area contributed by atoms with E-state index in [4.69, 9.17) is 16.3 Å². The molecule has 0 aromatic heterocycles. The lowest BCUT2D eigenvalue weighted by molar-refractivity contribution is 0.414. The highest BCUT2D eigenvalue weighted by Gasteiger charge is 2.26. The molecular formula is C24H21ClN2O3S2. The predicted octanol–water partition coefficient (Wildman–Crippen LogP) is 6.17. The predicted molar refractivity (Wildman–Crippen MR) is 130 cm³/mol. The van der Waals surface area contributed by atoms with Gasteiger partial charge in [0.1, 0.15) is 16.8 Å². The smallest absolute Gasteiger partial charge is 0.219 e. The molecule has 1 N–H and O–H groups in total. The van der Waals surface area contributed by atoms with E-state index in [0.717, 1.165) is 11.1 Å². The number of ether oxygens (including phenoxy) is 1. The number of anilines is 1. The summed E-state index contributed by atoms with van der Waals surface area (Å²) in [7, 11) is -2.45. The maximum atomic E-state index is 13.3. The van der Waals surface area contributed by atoms with E-state index in [1.165, 1.54) is 23.9 Å². The van der Waals surface area contributed by atoms with Gasteiger partial charge in [-0.05, 0) is 54.4 Å². The topological polar surface area (TPSA) is 79.2 Å². The summed E-state index contributed by atoms with van der Waals surface area (Å²) in [6.07, 6.45) is 0. The van der Waals surface area contributed by atoms with Crippen LogP contribution in [0.5, 0.6) is 5.75 Å². The minimum atomic E-state index is -4.03. The van der Waals surface area contributed by atoms with Crippen molar-refractivity contribution in [1.29, 1.82) is 5.26 Å². The van der Waals surface area contributed by atoms with E-state index < -0.39 is 9.84 Å². The molecule has 164 valence electrons. The molecule has 32 heavy (non-hydrogen) atoms. The molecule has 0 spiro atoms. The lowest BCUT2D eigenvalue weighted by Gasteiger charge is -2.16. The first-order chi connectivity index (χ1) is 15.4. The van der Waals surface area contributed by atoms with Gasteiger partial charge in [0, 0.05) is 16.5 Å². The Morgan fingerprint density at radius 2 is 1.81 bits per heavy atom. The molecule has 0 fully saturated rings. The lowest BCUT2D eigenvalue weighted by atomic mass is 10.2. The fourth-order valence-electron chi connectivity index (χ4n) is 2.89. The number of rotatable bonds is 8. The van der Waals surface area contributed by atoms with Crippen LogP contribution in [-0.4, -0.2) is 15.5 Å². The SMILES string of the molecule is COc1cccc(CS/C(Nc2cccc(Cl)c2C)=C(\C#N)S(=O)(=O)c2ccccc2)c1. The molecule has 0 unspecified atom stereocenters. The number of benzene rings is 3.